The zero-order valence-corrected chi connectivity index (χ0v) is 37.2. The number of imidazole rings is 1. The van der Waals surface area contributed by atoms with Gasteiger partial charge in [-0.1, -0.05) is 160 Å². The summed E-state index contributed by atoms with van der Waals surface area (Å²) >= 11 is 0. The second-order valence-electron chi connectivity index (χ2n) is 19.2. The number of aromatic nitrogens is 3. The average Bonchev–Trinajstić information content (AvgIpc) is 3.65. The number of phenols is 1. The lowest BCUT2D eigenvalue weighted by Crippen LogP contribution is -2.11. The number of nitrogens with zero attached hydrogens (tertiary/aromatic N) is 3. The maximum absolute atomic E-state index is 12.2. The molecule has 8 aromatic rings. The highest BCUT2D eigenvalue weighted by atomic mass is 16.3. The monoisotopic (exact) mass is 804 g/mol. The Labute approximate surface area is 367 Å². The first-order valence-electron chi connectivity index (χ1n) is 23.0. The molecule has 6 aromatic carbocycles. The van der Waals surface area contributed by atoms with Crippen LogP contribution in [0.2, 0.25) is 0 Å². The fourth-order valence-corrected chi connectivity index (χ4v) is 8.26. The van der Waals surface area contributed by atoms with E-state index in [1.165, 1.54) is 5.56 Å². The summed E-state index contributed by atoms with van der Waals surface area (Å²) in [6.45, 7) is 19.6. The van der Waals surface area contributed by atoms with Gasteiger partial charge >= 0.3 is 0 Å². The molecule has 0 radical (unpaired) electrons. The first-order valence-corrected chi connectivity index (χ1v) is 21.5. The van der Waals surface area contributed by atoms with Crippen LogP contribution in [0.1, 0.15) is 113 Å². The second-order valence-corrected chi connectivity index (χ2v) is 19.2. The van der Waals surface area contributed by atoms with Crippen LogP contribution in [0.25, 0.3) is 72.7 Å². The van der Waals surface area contributed by atoms with Crippen molar-refractivity contribution in [1.29, 1.82) is 0 Å². The fourth-order valence-electron chi connectivity index (χ4n) is 8.26. The molecule has 0 unspecified atom stereocenters. The SMILES string of the molecule is [2H]C([2H])([2H])c1ccc(-n2c(-c3cc(C(C)C)cc(C(C)C)c3O)nc3c(-c4cc(-c5cc(-c6ccc(C(C)(C)C)cc6)ccn5)cc(C(C)(C)C)c4)cccc32)c(-c2ccccc2)c1. The summed E-state index contributed by atoms with van der Waals surface area (Å²) in [6, 6.07) is 45.5. The van der Waals surface area contributed by atoms with E-state index in [1.54, 1.807) is 12.1 Å². The molecule has 4 heteroatoms. The molecule has 0 aliphatic carbocycles. The minimum atomic E-state index is -2.31. The van der Waals surface area contributed by atoms with Crippen LogP contribution in [0.5, 0.6) is 5.75 Å². The summed E-state index contributed by atoms with van der Waals surface area (Å²) < 4.78 is 27.2. The predicted molar refractivity (Wildman–Crippen MR) is 258 cm³/mol. The van der Waals surface area contributed by atoms with Crippen LogP contribution in [0.15, 0.2) is 140 Å². The van der Waals surface area contributed by atoms with Crippen LogP contribution < -0.4 is 0 Å². The largest absolute Gasteiger partial charge is 0.507 e. The van der Waals surface area contributed by atoms with Crippen molar-refractivity contribution >= 4 is 11.0 Å². The number of benzene rings is 6. The molecule has 1 N–H and O–H groups in total. The zero-order chi connectivity index (χ0) is 45.9. The molecule has 4 nitrogen and oxygen atoms in total. The van der Waals surface area contributed by atoms with Gasteiger partial charge in [0.2, 0.25) is 0 Å². The van der Waals surface area contributed by atoms with Gasteiger partial charge in [-0.15, -0.1) is 0 Å². The molecule has 0 saturated heterocycles. The molecule has 0 fully saturated rings. The second kappa shape index (κ2) is 16.0. The van der Waals surface area contributed by atoms with E-state index in [1.807, 2.05) is 42.6 Å². The maximum atomic E-state index is 12.2. The Kier molecular flexibility index (Phi) is 9.88. The van der Waals surface area contributed by atoms with E-state index in [0.29, 0.717) is 11.4 Å². The zero-order valence-electron chi connectivity index (χ0n) is 40.2. The first kappa shape index (κ1) is 37.7. The maximum Gasteiger partial charge on any atom is 0.149 e. The Bertz CT molecular complexity index is 3000. The summed E-state index contributed by atoms with van der Waals surface area (Å²) in [5, 5.41) is 12.2. The van der Waals surface area contributed by atoms with E-state index < -0.39 is 6.85 Å². The van der Waals surface area contributed by atoms with E-state index in [0.717, 1.165) is 78.0 Å². The van der Waals surface area contributed by atoms with Crippen molar-refractivity contribution in [1.82, 2.24) is 14.5 Å². The lowest BCUT2D eigenvalue weighted by atomic mass is 9.83. The number of hydrogen-bond acceptors (Lipinski definition) is 3. The van der Waals surface area contributed by atoms with Crippen molar-refractivity contribution in [3.8, 4) is 67.5 Å². The summed E-state index contributed by atoms with van der Waals surface area (Å²) in [5.41, 5.74) is 15.2. The Hall–Kier alpha value is -6.26. The van der Waals surface area contributed by atoms with Gasteiger partial charge in [-0.3, -0.25) is 9.55 Å². The molecular weight excluding hydrogens is 743 g/mol. The first-order chi connectivity index (χ1) is 30.2. The van der Waals surface area contributed by atoms with Gasteiger partial charge in [0, 0.05) is 27.0 Å². The van der Waals surface area contributed by atoms with Gasteiger partial charge in [-0.05, 0) is 123 Å². The quantitative estimate of drug-likeness (QED) is 0.166. The van der Waals surface area contributed by atoms with E-state index in [9.17, 15) is 5.11 Å². The summed E-state index contributed by atoms with van der Waals surface area (Å²) in [5.74, 6) is 1.01. The number of fused-ring (bicyclic) bond motifs is 1. The standard InChI is InChI=1S/C57H59N3O/c1-35(2)41-32-47(36(3)4)54(61)49(33-41)55-59-53-46(18-15-19-52(53)60(55)51-25-20-37(5)28-48(51)39-16-13-12-14-17-39)42-29-43(31-45(30-42)57(9,10)11)50-34-40(26-27-58-50)38-21-23-44(24-22-38)56(6,7)8/h12-36,61H,1-11H3/i5D3. The van der Waals surface area contributed by atoms with Gasteiger partial charge in [0.25, 0.3) is 0 Å². The van der Waals surface area contributed by atoms with Crippen LogP contribution in [0, 0.1) is 6.85 Å². The number of hydrogen-bond donors (Lipinski definition) is 1. The molecule has 0 amide bonds. The summed E-state index contributed by atoms with van der Waals surface area (Å²) in [7, 11) is 0. The average molecular weight is 805 g/mol. The van der Waals surface area contributed by atoms with Crippen LogP contribution in [0.3, 0.4) is 0 Å². The molecule has 0 bridgehead atoms. The van der Waals surface area contributed by atoms with Gasteiger partial charge in [-0.25, -0.2) is 4.98 Å². The number of pyridine rings is 1. The normalized spacial score (nSPS) is 13.1. The van der Waals surface area contributed by atoms with Gasteiger partial charge in [-0.2, -0.15) is 0 Å². The highest BCUT2D eigenvalue weighted by Crippen LogP contribution is 2.44. The van der Waals surface area contributed by atoms with Gasteiger partial charge in [0.15, 0.2) is 0 Å². The molecule has 61 heavy (non-hydrogen) atoms. The highest BCUT2D eigenvalue weighted by molar-refractivity contribution is 5.98. The predicted octanol–water partition coefficient (Wildman–Crippen LogP) is 15.6. The number of aromatic hydroxyl groups is 1. The third-order valence-corrected chi connectivity index (χ3v) is 11.9. The van der Waals surface area contributed by atoms with Crippen molar-refractivity contribution in [3.05, 3.63) is 167 Å². The van der Waals surface area contributed by atoms with Gasteiger partial charge < -0.3 is 5.11 Å². The Balaban J connectivity index is 1.41. The Morgan fingerprint density at radius 3 is 1.97 bits per heavy atom. The van der Waals surface area contributed by atoms with E-state index >= 15 is 0 Å². The smallest absolute Gasteiger partial charge is 0.149 e. The minimum absolute atomic E-state index is 0.0535. The van der Waals surface area contributed by atoms with Crippen molar-refractivity contribution in [3.63, 3.8) is 0 Å². The van der Waals surface area contributed by atoms with Crippen molar-refractivity contribution in [2.24, 2.45) is 0 Å². The minimum Gasteiger partial charge on any atom is -0.507 e. The van der Waals surface area contributed by atoms with Gasteiger partial charge in [0.1, 0.15) is 11.6 Å². The number of para-hydroxylation sites is 1. The van der Waals surface area contributed by atoms with E-state index in [2.05, 4.69) is 159 Å². The van der Waals surface area contributed by atoms with Crippen LogP contribution in [0.4, 0.5) is 0 Å². The van der Waals surface area contributed by atoms with Crippen molar-refractivity contribution in [2.45, 2.75) is 98.8 Å². The number of aryl methyl sites for hydroxylation is 1. The third kappa shape index (κ3) is 8.16. The summed E-state index contributed by atoms with van der Waals surface area (Å²) in [6.07, 6.45) is 1.89. The molecule has 2 heterocycles. The molecular formula is C57H59N3O. The highest BCUT2D eigenvalue weighted by Gasteiger charge is 2.26. The molecule has 0 atom stereocenters. The Morgan fingerprint density at radius 2 is 1.30 bits per heavy atom. The van der Waals surface area contributed by atoms with Crippen LogP contribution >= 0.6 is 0 Å². The Morgan fingerprint density at radius 1 is 0.574 bits per heavy atom. The third-order valence-electron chi connectivity index (χ3n) is 11.9. The molecule has 308 valence electrons. The molecule has 0 spiro atoms. The van der Waals surface area contributed by atoms with Crippen molar-refractivity contribution < 1.29 is 9.22 Å². The fraction of sp³-hybridized carbons (Fsp3) is 0.263. The molecule has 0 saturated carbocycles. The number of rotatable bonds is 8. The van der Waals surface area contributed by atoms with E-state index in [4.69, 9.17) is 14.1 Å². The molecule has 8 rings (SSSR count). The molecule has 0 aliphatic rings. The van der Waals surface area contributed by atoms with E-state index in [-0.39, 0.29) is 34.0 Å². The van der Waals surface area contributed by atoms with Crippen LogP contribution in [-0.2, 0) is 10.8 Å². The van der Waals surface area contributed by atoms with Crippen LogP contribution in [-0.4, -0.2) is 19.6 Å². The lowest BCUT2D eigenvalue weighted by Gasteiger charge is -2.22. The molecule has 2 aromatic heterocycles. The topological polar surface area (TPSA) is 50.9 Å². The number of phenolic OH excluding ortho intramolecular Hbond substituents is 1. The summed E-state index contributed by atoms with van der Waals surface area (Å²) in [4.78, 5) is 10.5. The lowest BCUT2D eigenvalue weighted by molar-refractivity contribution is 0.466. The van der Waals surface area contributed by atoms with Crippen molar-refractivity contribution in [2.75, 3.05) is 0 Å². The molecule has 0 aliphatic heterocycles. The van der Waals surface area contributed by atoms with Gasteiger partial charge in [0.05, 0.1) is 28.0 Å².